The van der Waals surface area contributed by atoms with Crippen LogP contribution in [0, 0.1) is 23.7 Å². The second-order valence-electron chi connectivity index (χ2n) is 6.71. The highest BCUT2D eigenvalue weighted by Gasteiger charge is 2.27. The Bertz CT molecular complexity index is 182. The van der Waals surface area contributed by atoms with E-state index in [2.05, 4.69) is 41.5 Å². The first kappa shape index (κ1) is 19.0. The van der Waals surface area contributed by atoms with Gasteiger partial charge in [0.2, 0.25) is 0 Å². The zero-order valence-electron chi connectivity index (χ0n) is 14.7. The summed E-state index contributed by atoms with van der Waals surface area (Å²) in [6.45, 7) is 14.4. The summed E-state index contributed by atoms with van der Waals surface area (Å²) in [5.41, 5.74) is 0. The average Bonchev–Trinajstić information content (AvgIpc) is 2.44. The van der Waals surface area contributed by atoms with Crippen molar-refractivity contribution in [1.29, 1.82) is 0 Å². The molecule has 116 valence electrons. The summed E-state index contributed by atoms with van der Waals surface area (Å²) in [6, 6.07) is 0. The molecule has 0 aromatic carbocycles. The third-order valence-electron chi connectivity index (χ3n) is 5.40. The van der Waals surface area contributed by atoms with Gasteiger partial charge in [-0.1, -0.05) is 92.9 Å². The largest absolute Gasteiger partial charge is 0.0654 e. The van der Waals surface area contributed by atoms with E-state index in [1.165, 1.54) is 57.8 Å². The van der Waals surface area contributed by atoms with E-state index < -0.39 is 0 Å². The van der Waals surface area contributed by atoms with Gasteiger partial charge in [-0.25, -0.2) is 0 Å². The molecule has 0 rings (SSSR count). The average molecular weight is 269 g/mol. The Hall–Kier alpha value is 0. The molecule has 0 aromatic heterocycles. The Morgan fingerprint density at radius 1 is 0.684 bits per heavy atom. The molecule has 0 saturated heterocycles. The van der Waals surface area contributed by atoms with Crippen molar-refractivity contribution in [3.8, 4) is 0 Å². The topological polar surface area (TPSA) is 0 Å². The first-order chi connectivity index (χ1) is 9.12. The van der Waals surface area contributed by atoms with Crippen molar-refractivity contribution in [2.75, 3.05) is 0 Å². The van der Waals surface area contributed by atoms with Gasteiger partial charge >= 0.3 is 0 Å². The molecule has 0 aliphatic heterocycles. The number of rotatable bonds is 12. The van der Waals surface area contributed by atoms with Crippen LogP contribution in [-0.4, -0.2) is 0 Å². The first-order valence-electron chi connectivity index (χ1n) is 9.12. The van der Waals surface area contributed by atoms with Crippen LogP contribution >= 0.6 is 0 Å². The van der Waals surface area contributed by atoms with E-state index in [1.54, 1.807) is 0 Å². The lowest BCUT2D eigenvalue weighted by atomic mass is 9.71. The van der Waals surface area contributed by atoms with E-state index in [9.17, 15) is 0 Å². The van der Waals surface area contributed by atoms with Crippen molar-refractivity contribution in [3.05, 3.63) is 0 Å². The minimum atomic E-state index is 0.891. The van der Waals surface area contributed by atoms with Crippen LogP contribution in [0.5, 0.6) is 0 Å². The smallest absolute Gasteiger partial charge is 0.0358 e. The van der Waals surface area contributed by atoms with Gasteiger partial charge in [0.05, 0.1) is 0 Å². The Balaban J connectivity index is 4.51. The molecule has 0 radical (unpaired) electrons. The van der Waals surface area contributed by atoms with E-state index in [0.29, 0.717) is 0 Å². The molecule has 0 N–H and O–H groups in total. The fourth-order valence-corrected chi connectivity index (χ4v) is 3.62. The third kappa shape index (κ3) is 7.37. The molecule has 0 spiro atoms. The fraction of sp³-hybridized carbons (Fsp3) is 1.00. The van der Waals surface area contributed by atoms with Crippen molar-refractivity contribution >= 4 is 0 Å². The SMILES string of the molecule is CCCCCCC(C(CC)CCC)C(C)C(C)CC. The Kier molecular flexibility index (Phi) is 11.8. The second kappa shape index (κ2) is 11.8. The standard InChI is InChI=1S/C19H40/c1-7-11-12-13-15-19(17(6)16(5)9-3)18(10-4)14-8-2/h16-19H,7-15H2,1-6H3. The van der Waals surface area contributed by atoms with E-state index in [4.69, 9.17) is 0 Å². The highest BCUT2D eigenvalue weighted by atomic mass is 14.3. The van der Waals surface area contributed by atoms with Gasteiger partial charge in [0.15, 0.2) is 0 Å². The van der Waals surface area contributed by atoms with Gasteiger partial charge in [-0.3, -0.25) is 0 Å². The van der Waals surface area contributed by atoms with Crippen LogP contribution < -0.4 is 0 Å². The maximum atomic E-state index is 2.52. The third-order valence-corrected chi connectivity index (χ3v) is 5.40. The predicted octanol–water partition coefficient (Wildman–Crippen LogP) is 7.08. The minimum absolute atomic E-state index is 0.891. The second-order valence-corrected chi connectivity index (χ2v) is 6.71. The fourth-order valence-electron chi connectivity index (χ4n) is 3.62. The molecule has 19 heavy (non-hydrogen) atoms. The lowest BCUT2D eigenvalue weighted by Gasteiger charge is -2.35. The van der Waals surface area contributed by atoms with Gasteiger partial charge < -0.3 is 0 Å². The van der Waals surface area contributed by atoms with E-state index in [-0.39, 0.29) is 0 Å². The lowest BCUT2D eigenvalue weighted by Crippen LogP contribution is -2.26. The van der Waals surface area contributed by atoms with Gasteiger partial charge in [-0.15, -0.1) is 0 Å². The zero-order chi connectivity index (χ0) is 14.7. The normalized spacial score (nSPS) is 18.0. The molecule has 0 fully saturated rings. The molecule has 0 aliphatic rings. The Labute approximate surface area is 123 Å². The number of hydrogen-bond donors (Lipinski definition) is 0. The first-order valence-corrected chi connectivity index (χ1v) is 9.12. The van der Waals surface area contributed by atoms with Crippen LogP contribution in [0.2, 0.25) is 0 Å². The van der Waals surface area contributed by atoms with Gasteiger partial charge in [-0.05, 0) is 30.1 Å². The molecule has 0 heteroatoms. The number of hydrogen-bond acceptors (Lipinski definition) is 0. The molecule has 0 nitrogen and oxygen atoms in total. The van der Waals surface area contributed by atoms with Crippen LogP contribution in [0.15, 0.2) is 0 Å². The van der Waals surface area contributed by atoms with Crippen LogP contribution in [-0.2, 0) is 0 Å². The summed E-state index contributed by atoms with van der Waals surface area (Å²) in [5.74, 6) is 3.73. The molecule has 0 bridgehead atoms. The zero-order valence-corrected chi connectivity index (χ0v) is 14.7. The maximum absolute atomic E-state index is 2.52. The molecule has 0 saturated carbocycles. The van der Waals surface area contributed by atoms with Crippen molar-refractivity contribution in [3.63, 3.8) is 0 Å². The Morgan fingerprint density at radius 2 is 1.37 bits per heavy atom. The van der Waals surface area contributed by atoms with Crippen molar-refractivity contribution < 1.29 is 0 Å². The molecule has 0 aromatic rings. The van der Waals surface area contributed by atoms with Gasteiger partial charge in [-0.2, -0.15) is 0 Å². The molecular formula is C19H40. The van der Waals surface area contributed by atoms with Crippen molar-refractivity contribution in [1.82, 2.24) is 0 Å². The highest BCUT2D eigenvalue weighted by Crippen LogP contribution is 2.36. The van der Waals surface area contributed by atoms with Crippen molar-refractivity contribution in [2.24, 2.45) is 23.7 Å². The Morgan fingerprint density at radius 3 is 1.84 bits per heavy atom. The summed E-state index contributed by atoms with van der Waals surface area (Å²) >= 11 is 0. The predicted molar refractivity (Wildman–Crippen MR) is 89.6 cm³/mol. The van der Waals surface area contributed by atoms with Crippen molar-refractivity contribution in [2.45, 2.75) is 99.3 Å². The lowest BCUT2D eigenvalue weighted by molar-refractivity contribution is 0.153. The van der Waals surface area contributed by atoms with Gasteiger partial charge in [0.1, 0.15) is 0 Å². The quantitative estimate of drug-likeness (QED) is 0.332. The van der Waals surface area contributed by atoms with Crippen LogP contribution in [0.25, 0.3) is 0 Å². The minimum Gasteiger partial charge on any atom is -0.0654 e. The summed E-state index contributed by atoms with van der Waals surface area (Å²) < 4.78 is 0. The summed E-state index contributed by atoms with van der Waals surface area (Å²) in [6.07, 6.45) is 12.7. The molecule has 0 heterocycles. The van der Waals surface area contributed by atoms with Crippen LogP contribution in [0.3, 0.4) is 0 Å². The molecule has 0 amide bonds. The monoisotopic (exact) mass is 268 g/mol. The van der Waals surface area contributed by atoms with Gasteiger partial charge in [0.25, 0.3) is 0 Å². The van der Waals surface area contributed by atoms with E-state index in [0.717, 1.165) is 23.7 Å². The summed E-state index contributed by atoms with van der Waals surface area (Å²) in [5, 5.41) is 0. The summed E-state index contributed by atoms with van der Waals surface area (Å²) in [4.78, 5) is 0. The molecule has 4 unspecified atom stereocenters. The van der Waals surface area contributed by atoms with Crippen LogP contribution in [0.4, 0.5) is 0 Å². The van der Waals surface area contributed by atoms with Crippen LogP contribution in [0.1, 0.15) is 99.3 Å². The number of unbranched alkanes of at least 4 members (excludes halogenated alkanes) is 3. The molecule has 0 aliphatic carbocycles. The van der Waals surface area contributed by atoms with E-state index in [1.807, 2.05) is 0 Å². The van der Waals surface area contributed by atoms with Gasteiger partial charge in [0, 0.05) is 0 Å². The highest BCUT2D eigenvalue weighted by molar-refractivity contribution is 4.77. The maximum Gasteiger partial charge on any atom is -0.0358 e. The summed E-state index contributed by atoms with van der Waals surface area (Å²) in [7, 11) is 0. The van der Waals surface area contributed by atoms with E-state index >= 15 is 0 Å². The molecular weight excluding hydrogens is 228 g/mol. The molecule has 4 atom stereocenters.